The van der Waals surface area contributed by atoms with Crippen molar-refractivity contribution < 1.29 is 0 Å². The zero-order valence-corrected chi connectivity index (χ0v) is 15.6. The molecule has 0 saturated carbocycles. The highest BCUT2D eigenvalue weighted by atomic mass is 35.5. The largest absolute Gasteiger partial charge is 0.355 e. The second kappa shape index (κ2) is 7.60. The molecule has 4 aromatic rings. The Labute approximate surface area is 163 Å². The standard InChI is InChI=1S/C23H18ClN3/c1-16-6-10-18(11-7-16)25-22-14-15-23(21-5-3-2-4-20(21)22)27-26-19-12-8-17(24)9-13-19/h2-15,25H,1H3. The van der Waals surface area contributed by atoms with Gasteiger partial charge in [-0.15, -0.1) is 5.11 Å². The third kappa shape index (κ3) is 3.99. The van der Waals surface area contributed by atoms with Gasteiger partial charge in [-0.1, -0.05) is 53.6 Å². The number of nitrogens with one attached hydrogen (secondary N) is 1. The second-order valence-electron chi connectivity index (χ2n) is 6.35. The van der Waals surface area contributed by atoms with E-state index < -0.39 is 0 Å². The number of hydrogen-bond acceptors (Lipinski definition) is 3. The Kier molecular flexibility index (Phi) is 4.86. The fourth-order valence-electron chi connectivity index (χ4n) is 2.89. The monoisotopic (exact) mass is 371 g/mol. The van der Waals surface area contributed by atoms with Crippen LogP contribution >= 0.6 is 11.6 Å². The van der Waals surface area contributed by atoms with Gasteiger partial charge in [0, 0.05) is 27.2 Å². The summed E-state index contributed by atoms with van der Waals surface area (Å²) in [4.78, 5) is 0. The number of aryl methyl sites for hydroxylation is 1. The van der Waals surface area contributed by atoms with E-state index in [0.29, 0.717) is 5.02 Å². The molecule has 0 saturated heterocycles. The molecule has 0 unspecified atom stereocenters. The molecule has 0 bridgehead atoms. The summed E-state index contributed by atoms with van der Waals surface area (Å²) in [7, 11) is 0. The van der Waals surface area contributed by atoms with Crippen LogP contribution in [0.3, 0.4) is 0 Å². The van der Waals surface area contributed by atoms with E-state index in [1.807, 2.05) is 48.5 Å². The molecular formula is C23H18ClN3. The number of rotatable bonds is 4. The summed E-state index contributed by atoms with van der Waals surface area (Å²) < 4.78 is 0. The fourth-order valence-corrected chi connectivity index (χ4v) is 3.02. The molecule has 0 aliphatic heterocycles. The van der Waals surface area contributed by atoms with E-state index in [4.69, 9.17) is 11.6 Å². The van der Waals surface area contributed by atoms with E-state index in [1.54, 1.807) is 0 Å². The Balaban J connectivity index is 1.69. The fraction of sp³-hybridized carbons (Fsp3) is 0.0435. The van der Waals surface area contributed by atoms with Gasteiger partial charge in [0.25, 0.3) is 0 Å². The highest BCUT2D eigenvalue weighted by Crippen LogP contribution is 2.34. The number of halogens is 1. The van der Waals surface area contributed by atoms with Gasteiger partial charge in [-0.2, -0.15) is 5.11 Å². The van der Waals surface area contributed by atoms with Crippen molar-refractivity contribution in [1.82, 2.24) is 0 Å². The summed E-state index contributed by atoms with van der Waals surface area (Å²) in [6, 6.07) is 27.9. The van der Waals surface area contributed by atoms with E-state index in [0.717, 1.165) is 33.5 Å². The van der Waals surface area contributed by atoms with Gasteiger partial charge >= 0.3 is 0 Å². The topological polar surface area (TPSA) is 36.8 Å². The molecule has 4 heteroatoms. The highest BCUT2D eigenvalue weighted by molar-refractivity contribution is 6.30. The summed E-state index contributed by atoms with van der Waals surface area (Å²) in [5.74, 6) is 0. The number of hydrogen-bond donors (Lipinski definition) is 1. The number of anilines is 2. The van der Waals surface area contributed by atoms with Crippen molar-refractivity contribution in [2.45, 2.75) is 6.92 Å². The van der Waals surface area contributed by atoms with E-state index in [9.17, 15) is 0 Å². The predicted molar refractivity (Wildman–Crippen MR) is 114 cm³/mol. The molecule has 0 aliphatic rings. The average Bonchev–Trinajstić information content (AvgIpc) is 2.70. The lowest BCUT2D eigenvalue weighted by atomic mass is 10.1. The van der Waals surface area contributed by atoms with Crippen LogP contribution in [0, 0.1) is 6.92 Å². The molecule has 4 aromatic carbocycles. The zero-order valence-electron chi connectivity index (χ0n) is 14.9. The van der Waals surface area contributed by atoms with Crippen molar-refractivity contribution >= 4 is 45.1 Å². The SMILES string of the molecule is Cc1ccc(Nc2ccc(N=Nc3ccc(Cl)cc3)c3ccccc23)cc1. The minimum absolute atomic E-state index is 0.686. The molecule has 3 nitrogen and oxygen atoms in total. The third-order valence-corrected chi connectivity index (χ3v) is 4.58. The number of fused-ring (bicyclic) bond motifs is 1. The van der Waals surface area contributed by atoms with Crippen molar-refractivity contribution in [3.05, 3.63) is 95.5 Å². The van der Waals surface area contributed by atoms with Crippen LogP contribution in [0.1, 0.15) is 5.56 Å². The van der Waals surface area contributed by atoms with Gasteiger partial charge in [0.05, 0.1) is 11.4 Å². The molecule has 132 valence electrons. The Bertz CT molecular complexity index is 1100. The molecule has 0 aromatic heterocycles. The van der Waals surface area contributed by atoms with E-state index >= 15 is 0 Å². The smallest absolute Gasteiger partial charge is 0.0936 e. The van der Waals surface area contributed by atoms with Crippen LogP contribution in [-0.2, 0) is 0 Å². The molecule has 0 spiro atoms. The maximum absolute atomic E-state index is 5.92. The Morgan fingerprint density at radius 3 is 2.15 bits per heavy atom. The quantitative estimate of drug-likeness (QED) is 0.363. The van der Waals surface area contributed by atoms with Gasteiger partial charge in [0.1, 0.15) is 0 Å². The van der Waals surface area contributed by atoms with Crippen LogP contribution in [0.5, 0.6) is 0 Å². The van der Waals surface area contributed by atoms with Gasteiger partial charge in [-0.3, -0.25) is 0 Å². The van der Waals surface area contributed by atoms with E-state index in [1.165, 1.54) is 5.56 Å². The van der Waals surface area contributed by atoms with Gasteiger partial charge in [0.2, 0.25) is 0 Å². The van der Waals surface area contributed by atoms with E-state index in [2.05, 4.69) is 58.9 Å². The Morgan fingerprint density at radius 1 is 0.704 bits per heavy atom. The van der Waals surface area contributed by atoms with Crippen molar-refractivity contribution in [2.75, 3.05) is 5.32 Å². The molecule has 0 heterocycles. The number of azo groups is 1. The summed E-state index contributed by atoms with van der Waals surface area (Å²) in [6.07, 6.45) is 0. The zero-order chi connectivity index (χ0) is 18.6. The van der Waals surface area contributed by atoms with Crippen LogP contribution in [0.4, 0.5) is 22.7 Å². The lowest BCUT2D eigenvalue weighted by Crippen LogP contribution is -1.91. The maximum atomic E-state index is 5.92. The molecule has 4 rings (SSSR count). The molecule has 0 amide bonds. The van der Waals surface area contributed by atoms with Crippen molar-refractivity contribution in [1.29, 1.82) is 0 Å². The number of benzene rings is 4. The average molecular weight is 372 g/mol. The van der Waals surface area contributed by atoms with Crippen molar-refractivity contribution in [3.8, 4) is 0 Å². The maximum Gasteiger partial charge on any atom is 0.0936 e. The molecule has 0 radical (unpaired) electrons. The molecule has 27 heavy (non-hydrogen) atoms. The van der Waals surface area contributed by atoms with Gasteiger partial charge < -0.3 is 5.32 Å². The van der Waals surface area contributed by atoms with Gasteiger partial charge in [-0.05, 0) is 55.5 Å². The van der Waals surface area contributed by atoms with Crippen LogP contribution < -0.4 is 5.32 Å². The van der Waals surface area contributed by atoms with Crippen LogP contribution in [-0.4, -0.2) is 0 Å². The highest BCUT2D eigenvalue weighted by Gasteiger charge is 2.06. The van der Waals surface area contributed by atoms with Crippen molar-refractivity contribution in [2.24, 2.45) is 10.2 Å². The molecule has 1 N–H and O–H groups in total. The first-order valence-electron chi connectivity index (χ1n) is 8.72. The first-order chi connectivity index (χ1) is 13.2. The number of nitrogens with zero attached hydrogens (tertiary/aromatic N) is 2. The third-order valence-electron chi connectivity index (χ3n) is 4.33. The lowest BCUT2D eigenvalue weighted by Gasteiger charge is -2.11. The lowest BCUT2D eigenvalue weighted by molar-refractivity contribution is 1.24. The summed E-state index contributed by atoms with van der Waals surface area (Å²) in [5, 5.41) is 15.1. The van der Waals surface area contributed by atoms with Gasteiger partial charge in [0.15, 0.2) is 0 Å². The normalized spacial score (nSPS) is 11.2. The summed E-state index contributed by atoms with van der Waals surface area (Å²) >= 11 is 5.92. The van der Waals surface area contributed by atoms with Crippen LogP contribution in [0.2, 0.25) is 5.02 Å². The summed E-state index contributed by atoms with van der Waals surface area (Å²) in [6.45, 7) is 2.08. The van der Waals surface area contributed by atoms with Crippen molar-refractivity contribution in [3.63, 3.8) is 0 Å². The second-order valence-corrected chi connectivity index (χ2v) is 6.78. The minimum Gasteiger partial charge on any atom is -0.355 e. The predicted octanol–water partition coefficient (Wildman–Crippen LogP) is 7.96. The Hall–Kier alpha value is -3.17. The van der Waals surface area contributed by atoms with Crippen LogP contribution in [0.15, 0.2) is 95.2 Å². The summed E-state index contributed by atoms with van der Waals surface area (Å²) in [5.41, 5.74) is 4.94. The van der Waals surface area contributed by atoms with Gasteiger partial charge in [-0.25, -0.2) is 0 Å². The minimum atomic E-state index is 0.686. The van der Waals surface area contributed by atoms with E-state index in [-0.39, 0.29) is 0 Å². The first kappa shape index (κ1) is 17.3. The molecule has 0 aliphatic carbocycles. The Morgan fingerprint density at radius 2 is 1.41 bits per heavy atom. The molecule has 0 fully saturated rings. The molecular weight excluding hydrogens is 354 g/mol. The first-order valence-corrected chi connectivity index (χ1v) is 9.09. The van der Waals surface area contributed by atoms with Crippen LogP contribution in [0.25, 0.3) is 10.8 Å². The molecule has 0 atom stereocenters.